The minimum atomic E-state index is -1.52. The van der Waals surface area contributed by atoms with Gasteiger partial charge in [0.15, 0.2) is 11.9 Å². The molecule has 3 aliphatic rings. The first-order valence-corrected chi connectivity index (χ1v) is 28.0. The van der Waals surface area contributed by atoms with E-state index >= 15 is 0 Å². The van der Waals surface area contributed by atoms with Crippen molar-refractivity contribution in [3.05, 3.63) is 0 Å². The van der Waals surface area contributed by atoms with Crippen molar-refractivity contribution in [3.8, 4) is 0 Å². The Morgan fingerprint density at radius 2 is 1.08 bits per heavy atom. The lowest BCUT2D eigenvalue weighted by Gasteiger charge is -2.30. The molecule has 0 radical (unpaired) electrons. The second-order valence-electron chi connectivity index (χ2n) is 16.9. The molecule has 0 spiro atoms. The van der Waals surface area contributed by atoms with Gasteiger partial charge in [0.25, 0.3) is 0 Å². The van der Waals surface area contributed by atoms with E-state index in [1.54, 1.807) is 13.8 Å². The third kappa shape index (κ3) is 21.1. The molecule has 0 unspecified atom stereocenters. The van der Waals surface area contributed by atoms with Crippen molar-refractivity contribution in [3.63, 3.8) is 0 Å². The van der Waals surface area contributed by atoms with Gasteiger partial charge in [0.05, 0.1) is 0 Å². The van der Waals surface area contributed by atoms with Gasteiger partial charge in [-0.2, -0.15) is 0 Å². The number of hydrogen-bond donors (Lipinski definition) is 15. The van der Waals surface area contributed by atoms with Crippen LogP contribution < -0.4 is 82.3 Å². The lowest BCUT2D eigenvalue weighted by molar-refractivity contribution is -0.136. The lowest BCUT2D eigenvalue weighted by Crippen LogP contribution is -2.62. The molecule has 0 aliphatic carbocycles. The lowest BCUT2D eigenvalue weighted by atomic mass is 9.97. The first-order valence-electron chi connectivity index (χ1n) is 23.0. The highest BCUT2D eigenvalue weighted by Gasteiger charge is 2.37. The molecule has 3 aliphatic heterocycles. The van der Waals surface area contributed by atoms with Crippen LogP contribution in [0.15, 0.2) is 9.98 Å². The third-order valence-corrected chi connectivity index (χ3v) is 16.1. The summed E-state index contributed by atoms with van der Waals surface area (Å²) in [5, 5.41) is 23.4. The zero-order valence-corrected chi connectivity index (χ0v) is 43.1. The largest absolute Gasteiger partial charge is 0.370 e. The molecule has 28 nitrogen and oxygen atoms in total. The molecule has 3 rings (SSSR count). The normalized spacial score (nSPS) is 22.2. The van der Waals surface area contributed by atoms with Crippen LogP contribution in [0.2, 0.25) is 0 Å². The summed E-state index contributed by atoms with van der Waals surface area (Å²) in [7, 11) is 4.96. The summed E-state index contributed by atoms with van der Waals surface area (Å²) in [5.41, 5.74) is 32.8. The van der Waals surface area contributed by atoms with Gasteiger partial charge in [-0.3, -0.25) is 62.7 Å². The summed E-state index contributed by atoms with van der Waals surface area (Å²) < 4.78 is 0. The Hall–Kier alpha value is -5.89. The van der Waals surface area contributed by atoms with E-state index in [4.69, 9.17) is 34.4 Å². The fraction of sp³-hybridized carbons (Fsp3) is 0.675. The highest BCUT2D eigenvalue weighted by Crippen LogP contribution is 2.26. The minimum Gasteiger partial charge on any atom is -0.370 e. The molecule has 402 valence electrons. The highest BCUT2D eigenvalue weighted by atomic mass is 33.1. The fourth-order valence-corrected chi connectivity index (χ4v) is 11.6. The minimum absolute atomic E-state index is 0.00510. The Bertz CT molecular complexity index is 2050. The zero-order valence-electron chi connectivity index (χ0n) is 39.9. The van der Waals surface area contributed by atoms with Crippen molar-refractivity contribution in [2.45, 2.75) is 126 Å². The zero-order chi connectivity index (χ0) is 53.5. The molecule has 32 heteroatoms. The molecular formula is C40H67N17O11S4. The maximum atomic E-state index is 14.2. The van der Waals surface area contributed by atoms with E-state index in [1.165, 1.54) is 43.2 Å². The van der Waals surface area contributed by atoms with Crippen molar-refractivity contribution in [2.75, 3.05) is 36.1 Å². The van der Waals surface area contributed by atoms with Gasteiger partial charge in [-0.05, 0) is 44.4 Å². The van der Waals surface area contributed by atoms with E-state index in [0.717, 1.165) is 0 Å². The quantitative estimate of drug-likeness (QED) is 0.0166. The Kier molecular flexibility index (Phi) is 25.9. The monoisotopic (exact) mass is 1090 g/mol. The first kappa shape index (κ1) is 60.4. The molecule has 72 heavy (non-hydrogen) atoms. The second-order valence-corrected chi connectivity index (χ2v) is 22.0. The van der Waals surface area contributed by atoms with E-state index in [0.29, 0.717) is 6.42 Å². The molecule has 0 bridgehead atoms. The van der Waals surface area contributed by atoms with Crippen LogP contribution in [0.25, 0.3) is 0 Å². The predicted molar refractivity (Wildman–Crippen MR) is 273 cm³/mol. The Morgan fingerprint density at radius 3 is 1.58 bits per heavy atom. The van der Waals surface area contributed by atoms with Crippen molar-refractivity contribution in [1.29, 1.82) is 0 Å². The third-order valence-electron chi connectivity index (χ3n) is 11.2. The maximum absolute atomic E-state index is 14.2. The summed E-state index contributed by atoms with van der Waals surface area (Å²) in [6.45, 7) is 3.47. The predicted octanol–water partition coefficient (Wildman–Crippen LogP) is -6.16. The van der Waals surface area contributed by atoms with Crippen LogP contribution in [0.5, 0.6) is 0 Å². The van der Waals surface area contributed by atoms with Crippen molar-refractivity contribution >= 4 is 120 Å². The molecular weight excluding hydrogens is 1020 g/mol. The smallest absolute Gasteiger partial charge is 0.244 e. The molecule has 0 aromatic heterocycles. The molecule has 0 aromatic carbocycles. The number of primary amides is 2. The van der Waals surface area contributed by atoms with Crippen LogP contribution in [0.4, 0.5) is 0 Å². The van der Waals surface area contributed by atoms with E-state index < -0.39 is 126 Å². The van der Waals surface area contributed by atoms with Gasteiger partial charge in [-0.1, -0.05) is 63.4 Å². The molecule has 0 aromatic rings. The van der Waals surface area contributed by atoms with Crippen LogP contribution in [0, 0.1) is 5.92 Å². The van der Waals surface area contributed by atoms with Gasteiger partial charge in [-0.25, -0.2) is 0 Å². The topological polar surface area (TPSA) is 477 Å². The number of nitrogens with one attached hydrogen (secondary N) is 9. The average Bonchev–Trinajstić information content (AvgIpc) is 3.76. The number of hydrogen-bond acceptors (Lipinski definition) is 17. The first-order chi connectivity index (χ1) is 34.1. The van der Waals surface area contributed by atoms with Gasteiger partial charge in [-0.15, -0.1) is 0 Å². The SMILES string of the molecule is CC[C@H](C)[C@H](NC(=O)[C@H](CCC(N)=O)NC(=O)[C@H](CCCN=C(N)N)NC(=O)[C@H](CCCN=C(N)N)NC(=O)[C@@H]1CSSC[C@H](NC(=O)[C@@H]2CCC(=O)N2)C(=O)N1)C(=O)N[C@H]1CSSC[C@@H](C(N)=O)NC1=O. The van der Waals surface area contributed by atoms with Gasteiger partial charge >= 0.3 is 0 Å². The second kappa shape index (κ2) is 30.9. The molecule has 3 heterocycles. The number of amides is 11. The maximum Gasteiger partial charge on any atom is 0.244 e. The van der Waals surface area contributed by atoms with Crippen LogP contribution in [-0.4, -0.2) is 167 Å². The van der Waals surface area contributed by atoms with Crippen LogP contribution in [0.3, 0.4) is 0 Å². The molecule has 3 saturated heterocycles. The molecule has 21 N–H and O–H groups in total. The standard InChI is InChI=1S/C40H67N17O11S4/c1-3-18(2)29(38(68)56-26-17-70-69-14-23(30(42)60)53-36(26)66)57-34(64)22(8-10-27(41)58)52-32(62)19(6-4-12-47-39(43)44)50-31(61)20(7-5-13-48-40(45)46)51-35(65)24-15-71-72-16-25(37(67)55-24)54-33(63)21-9-11-28(59)49-21/h18-26,29H,3-17H2,1-2H3,(H2,41,58)(H2,42,60)(H,49,59)(H,50,61)(H,51,65)(H,52,62)(H,53,66)(H,54,63)(H,55,67)(H,56,68)(H,57,64)(H4,43,44,47)(H4,45,46,48)/t18-,19-,20-,21-,22-,23-,24-,25-,26-,29-/m0/s1. The average molecular weight is 1090 g/mol. The van der Waals surface area contributed by atoms with Gasteiger partial charge in [0.1, 0.15) is 54.4 Å². The summed E-state index contributed by atoms with van der Waals surface area (Å²) in [6, 6.07) is -10.8. The van der Waals surface area contributed by atoms with Crippen LogP contribution >= 0.6 is 43.2 Å². The summed E-state index contributed by atoms with van der Waals surface area (Å²) >= 11 is 0. The molecule has 0 saturated carbocycles. The van der Waals surface area contributed by atoms with Gasteiger partial charge in [0, 0.05) is 48.9 Å². The fourth-order valence-electron chi connectivity index (χ4n) is 6.97. The molecule has 3 fully saturated rings. The number of carbonyl (C=O) groups is 11. The summed E-state index contributed by atoms with van der Waals surface area (Å²) in [6.07, 6.45) is 0.0594. The van der Waals surface area contributed by atoms with E-state index in [2.05, 4.69) is 57.8 Å². The van der Waals surface area contributed by atoms with E-state index in [1.807, 2.05) is 0 Å². The van der Waals surface area contributed by atoms with Gasteiger partial charge < -0.3 is 82.3 Å². The van der Waals surface area contributed by atoms with Crippen molar-refractivity contribution in [1.82, 2.24) is 47.9 Å². The van der Waals surface area contributed by atoms with Crippen LogP contribution in [-0.2, 0) is 52.7 Å². The Morgan fingerprint density at radius 1 is 0.597 bits per heavy atom. The molecule has 10 atom stereocenters. The van der Waals surface area contributed by atoms with E-state index in [9.17, 15) is 52.7 Å². The Balaban J connectivity index is 1.85. The summed E-state index contributed by atoms with van der Waals surface area (Å²) in [4.78, 5) is 153. The van der Waals surface area contributed by atoms with Crippen LogP contribution in [0.1, 0.15) is 71.6 Å². The van der Waals surface area contributed by atoms with Gasteiger partial charge in [0.2, 0.25) is 65.0 Å². The number of nitrogens with two attached hydrogens (primary N) is 6. The van der Waals surface area contributed by atoms with Crippen molar-refractivity contribution < 1.29 is 52.7 Å². The number of guanidine groups is 2. The number of carbonyl (C=O) groups excluding carboxylic acids is 11. The Labute approximate surface area is 431 Å². The van der Waals surface area contributed by atoms with E-state index in [-0.39, 0.29) is 98.9 Å². The summed E-state index contributed by atoms with van der Waals surface area (Å²) in [5.74, 6) is -8.51. The highest BCUT2D eigenvalue weighted by molar-refractivity contribution is 8.77. The number of nitrogens with zero attached hydrogens (tertiary/aromatic N) is 2. The number of rotatable bonds is 26. The van der Waals surface area contributed by atoms with Crippen molar-refractivity contribution in [2.24, 2.45) is 50.3 Å². The number of aliphatic imine (C=N–C) groups is 2. The molecule has 11 amide bonds.